The molecule has 1 amide bonds. The number of hydrogen-bond donors (Lipinski definition) is 2. The van der Waals surface area contributed by atoms with E-state index in [0.717, 1.165) is 36.6 Å². The normalized spacial score (nSPS) is 20.0. The number of nitrogens with one attached hydrogen (secondary N) is 2. The fourth-order valence-corrected chi connectivity index (χ4v) is 3.61. The van der Waals surface area contributed by atoms with Gasteiger partial charge in [0, 0.05) is 36.9 Å². The van der Waals surface area contributed by atoms with E-state index in [0.29, 0.717) is 29.8 Å². The molecule has 2 N–H and O–H groups in total. The molecule has 27 heavy (non-hydrogen) atoms. The van der Waals surface area contributed by atoms with Crippen LogP contribution in [0.5, 0.6) is 0 Å². The number of carbonyl (C=O) groups is 1. The fraction of sp³-hybridized carbons (Fsp3) is 0.350. The van der Waals surface area contributed by atoms with E-state index >= 15 is 0 Å². The van der Waals surface area contributed by atoms with Gasteiger partial charge in [-0.2, -0.15) is 4.39 Å². The maximum absolute atomic E-state index is 13.0. The number of rotatable bonds is 4. The lowest BCUT2D eigenvalue weighted by Crippen LogP contribution is -2.45. The summed E-state index contributed by atoms with van der Waals surface area (Å²) in [5.41, 5.74) is 1.60. The Morgan fingerprint density at radius 1 is 1.33 bits per heavy atom. The number of hydrogen-bond acceptors (Lipinski definition) is 4. The molecule has 0 saturated carbocycles. The van der Waals surface area contributed by atoms with Crippen molar-refractivity contribution < 1.29 is 9.18 Å². The highest BCUT2D eigenvalue weighted by molar-refractivity contribution is 5.97. The van der Waals surface area contributed by atoms with Gasteiger partial charge in [-0.1, -0.05) is 13.0 Å². The minimum absolute atomic E-state index is 0.0719. The van der Waals surface area contributed by atoms with Crippen LogP contribution in [0, 0.1) is 17.8 Å². The van der Waals surface area contributed by atoms with Gasteiger partial charge in [0.05, 0.1) is 12.4 Å². The first-order chi connectivity index (χ1) is 13.1. The summed E-state index contributed by atoms with van der Waals surface area (Å²) in [6.45, 7) is 4.41. The average Bonchev–Trinajstić information content (AvgIpc) is 3.15. The van der Waals surface area contributed by atoms with E-state index < -0.39 is 5.95 Å². The molecule has 0 radical (unpaired) electrons. The third-order valence-corrected chi connectivity index (χ3v) is 5.39. The summed E-state index contributed by atoms with van der Waals surface area (Å²) in [6, 6.07) is 7.64. The van der Waals surface area contributed by atoms with Gasteiger partial charge in [-0.05, 0) is 41.8 Å². The molecule has 0 spiro atoms. The zero-order valence-corrected chi connectivity index (χ0v) is 15.2. The zero-order valence-electron chi connectivity index (χ0n) is 15.2. The van der Waals surface area contributed by atoms with E-state index in [9.17, 15) is 9.18 Å². The summed E-state index contributed by atoms with van der Waals surface area (Å²) in [5, 5.41) is 4.15. The van der Waals surface area contributed by atoms with Crippen LogP contribution in [0.2, 0.25) is 0 Å². The largest absolute Gasteiger partial charge is 0.361 e. The van der Waals surface area contributed by atoms with E-state index in [2.05, 4.69) is 32.1 Å². The van der Waals surface area contributed by atoms with Gasteiger partial charge in [-0.25, -0.2) is 9.97 Å². The summed E-state index contributed by atoms with van der Waals surface area (Å²) in [5.74, 6) is 0.811. The molecule has 1 aliphatic heterocycles. The highest BCUT2D eigenvalue weighted by Crippen LogP contribution is 2.25. The third-order valence-electron chi connectivity index (χ3n) is 5.39. The number of nitrogens with zero attached hydrogens (tertiary/aromatic N) is 3. The molecular formula is C20H22FN5O. The quantitative estimate of drug-likeness (QED) is 0.743. The summed E-state index contributed by atoms with van der Waals surface area (Å²) >= 11 is 0. The highest BCUT2D eigenvalue weighted by atomic mass is 19.1. The topological polar surface area (TPSA) is 73.9 Å². The van der Waals surface area contributed by atoms with Gasteiger partial charge in [0.15, 0.2) is 0 Å². The van der Waals surface area contributed by atoms with Crippen LogP contribution in [-0.2, 0) is 0 Å². The second-order valence-electron chi connectivity index (χ2n) is 7.16. The molecule has 3 aromatic rings. The summed E-state index contributed by atoms with van der Waals surface area (Å²) in [4.78, 5) is 25.6. The van der Waals surface area contributed by atoms with Crippen molar-refractivity contribution >= 4 is 22.6 Å². The SMILES string of the molecule is CC1CCN(c2cnc(F)cn2)CC1CNC(=O)c1ccc2cc[nH]c2c1. The fourth-order valence-electron chi connectivity index (χ4n) is 3.61. The van der Waals surface area contributed by atoms with Crippen molar-refractivity contribution in [1.82, 2.24) is 20.3 Å². The Morgan fingerprint density at radius 2 is 2.22 bits per heavy atom. The lowest BCUT2D eigenvalue weighted by molar-refractivity contribution is 0.0940. The van der Waals surface area contributed by atoms with Crippen LogP contribution in [0.25, 0.3) is 10.9 Å². The van der Waals surface area contributed by atoms with Crippen molar-refractivity contribution in [2.45, 2.75) is 13.3 Å². The predicted octanol–water partition coefficient (Wildman–Crippen LogP) is 2.99. The lowest BCUT2D eigenvalue weighted by atomic mass is 9.87. The Balaban J connectivity index is 1.39. The van der Waals surface area contributed by atoms with Crippen LogP contribution < -0.4 is 10.2 Å². The lowest BCUT2D eigenvalue weighted by Gasteiger charge is -2.37. The monoisotopic (exact) mass is 367 g/mol. The molecule has 3 heterocycles. The molecule has 1 saturated heterocycles. The molecule has 0 aliphatic carbocycles. The average molecular weight is 367 g/mol. The number of aromatic amines is 1. The number of benzene rings is 1. The number of piperidine rings is 1. The summed E-state index contributed by atoms with van der Waals surface area (Å²) < 4.78 is 13.0. The van der Waals surface area contributed by atoms with Gasteiger partial charge in [0.1, 0.15) is 5.82 Å². The maximum atomic E-state index is 13.0. The molecule has 0 bridgehead atoms. The highest BCUT2D eigenvalue weighted by Gasteiger charge is 2.27. The smallest absolute Gasteiger partial charge is 0.251 e. The Hall–Kier alpha value is -2.96. The van der Waals surface area contributed by atoms with Crippen LogP contribution in [0.15, 0.2) is 42.9 Å². The van der Waals surface area contributed by atoms with Crippen molar-refractivity contribution in [3.8, 4) is 0 Å². The van der Waals surface area contributed by atoms with Crippen LogP contribution in [0.4, 0.5) is 10.2 Å². The van der Waals surface area contributed by atoms with Gasteiger partial charge in [0.2, 0.25) is 5.95 Å². The first kappa shape index (κ1) is 17.5. The predicted molar refractivity (Wildman–Crippen MR) is 102 cm³/mol. The van der Waals surface area contributed by atoms with Crippen LogP contribution in [0.3, 0.4) is 0 Å². The van der Waals surface area contributed by atoms with Crippen LogP contribution in [-0.4, -0.2) is 40.5 Å². The van der Waals surface area contributed by atoms with Crippen LogP contribution in [0.1, 0.15) is 23.7 Å². The van der Waals surface area contributed by atoms with Crippen molar-refractivity contribution in [3.63, 3.8) is 0 Å². The van der Waals surface area contributed by atoms with Crippen molar-refractivity contribution in [3.05, 3.63) is 54.4 Å². The maximum Gasteiger partial charge on any atom is 0.251 e. The molecule has 2 aromatic heterocycles. The first-order valence-corrected chi connectivity index (χ1v) is 9.18. The molecule has 140 valence electrons. The standard InChI is InChI=1S/C20H22FN5O/c1-13-5-7-26(19-11-23-18(21)10-24-19)12-16(13)9-25-20(27)15-3-2-14-4-6-22-17(14)8-15/h2-4,6,8,10-11,13,16,22H,5,7,9,12H2,1H3,(H,25,27). The van der Waals surface area contributed by atoms with E-state index in [4.69, 9.17) is 0 Å². The molecule has 1 aliphatic rings. The molecular weight excluding hydrogens is 345 g/mol. The zero-order chi connectivity index (χ0) is 18.8. The van der Waals surface area contributed by atoms with Crippen LogP contribution >= 0.6 is 0 Å². The number of amides is 1. The van der Waals surface area contributed by atoms with Gasteiger partial charge in [-0.15, -0.1) is 0 Å². The minimum Gasteiger partial charge on any atom is -0.361 e. The second kappa shape index (κ2) is 7.34. The summed E-state index contributed by atoms with van der Waals surface area (Å²) in [7, 11) is 0. The van der Waals surface area contributed by atoms with E-state index in [-0.39, 0.29) is 5.91 Å². The molecule has 1 aromatic carbocycles. The number of H-pyrrole nitrogens is 1. The Kier molecular flexibility index (Phi) is 4.75. The second-order valence-corrected chi connectivity index (χ2v) is 7.16. The Morgan fingerprint density at radius 3 is 3.04 bits per heavy atom. The molecule has 1 fully saturated rings. The number of halogens is 1. The van der Waals surface area contributed by atoms with Gasteiger partial charge >= 0.3 is 0 Å². The molecule has 2 atom stereocenters. The number of aromatic nitrogens is 3. The molecule has 6 nitrogen and oxygen atoms in total. The minimum atomic E-state index is -0.577. The summed E-state index contributed by atoms with van der Waals surface area (Å²) in [6.07, 6.45) is 5.46. The van der Waals surface area contributed by atoms with Gasteiger partial charge in [-0.3, -0.25) is 4.79 Å². The van der Waals surface area contributed by atoms with Crippen molar-refractivity contribution in [1.29, 1.82) is 0 Å². The Labute approximate surface area is 156 Å². The van der Waals surface area contributed by atoms with Gasteiger partial charge < -0.3 is 15.2 Å². The number of anilines is 1. The van der Waals surface area contributed by atoms with Gasteiger partial charge in [0.25, 0.3) is 5.91 Å². The molecule has 7 heteroatoms. The Bertz CT molecular complexity index is 939. The van der Waals surface area contributed by atoms with E-state index in [1.807, 2.05) is 30.5 Å². The first-order valence-electron chi connectivity index (χ1n) is 9.18. The van der Waals surface area contributed by atoms with E-state index in [1.165, 1.54) is 6.20 Å². The van der Waals surface area contributed by atoms with Crippen molar-refractivity contribution in [2.75, 3.05) is 24.5 Å². The third kappa shape index (κ3) is 3.77. The number of carbonyl (C=O) groups excluding carboxylic acids is 1. The number of fused-ring (bicyclic) bond motifs is 1. The molecule has 4 rings (SSSR count). The van der Waals surface area contributed by atoms with E-state index in [1.54, 1.807) is 0 Å². The molecule has 2 unspecified atom stereocenters. The van der Waals surface area contributed by atoms with Crippen molar-refractivity contribution in [2.24, 2.45) is 11.8 Å².